The van der Waals surface area contributed by atoms with Crippen molar-refractivity contribution in [3.63, 3.8) is 0 Å². The molecule has 1 aliphatic rings. The van der Waals surface area contributed by atoms with Crippen molar-refractivity contribution in [1.82, 2.24) is 9.66 Å². The first-order chi connectivity index (χ1) is 11.2. The largest absolute Gasteiger partial charge is 0.482 e. The minimum absolute atomic E-state index is 0.0143. The third-order valence-corrected chi connectivity index (χ3v) is 3.55. The molecule has 2 aromatic carbocycles. The molecule has 3 aromatic rings. The Balaban J connectivity index is 1.62. The average Bonchev–Trinajstić information content (AvgIpc) is 2.97. The summed E-state index contributed by atoms with van der Waals surface area (Å²) in [4.78, 5) is 28.0. The molecule has 0 unspecified atom stereocenters. The van der Waals surface area contributed by atoms with Crippen LogP contribution in [0.3, 0.4) is 0 Å². The Kier molecular flexibility index (Phi) is 2.97. The predicted octanol–water partition coefficient (Wildman–Crippen LogP) is 1.75. The molecule has 0 bridgehead atoms. The number of ether oxygens (including phenoxy) is 1. The summed E-state index contributed by atoms with van der Waals surface area (Å²) >= 11 is 0. The summed E-state index contributed by atoms with van der Waals surface area (Å²) in [5.74, 6) is 0.000618. The van der Waals surface area contributed by atoms with E-state index < -0.39 is 0 Å². The second kappa shape index (κ2) is 5.13. The Morgan fingerprint density at radius 2 is 2.13 bits per heavy atom. The monoisotopic (exact) mass is 308 g/mol. The lowest BCUT2D eigenvalue weighted by molar-refractivity contribution is -0.118. The molecular formula is C16H12N4O3. The van der Waals surface area contributed by atoms with Crippen molar-refractivity contribution in [2.24, 2.45) is 0 Å². The second-order valence-corrected chi connectivity index (χ2v) is 5.09. The zero-order chi connectivity index (χ0) is 15.8. The summed E-state index contributed by atoms with van der Waals surface area (Å²) in [7, 11) is 0. The molecular weight excluding hydrogens is 296 g/mol. The van der Waals surface area contributed by atoms with Gasteiger partial charge in [0.05, 0.1) is 16.7 Å². The van der Waals surface area contributed by atoms with Gasteiger partial charge < -0.3 is 10.1 Å². The molecule has 2 heterocycles. The van der Waals surface area contributed by atoms with Crippen LogP contribution in [0.1, 0.15) is 10.4 Å². The highest BCUT2D eigenvalue weighted by Gasteiger charge is 2.18. The highest BCUT2D eigenvalue weighted by Crippen LogP contribution is 2.28. The lowest BCUT2D eigenvalue weighted by Crippen LogP contribution is -2.26. The maximum Gasteiger partial charge on any atom is 0.270 e. The van der Waals surface area contributed by atoms with Crippen LogP contribution in [0.15, 0.2) is 48.8 Å². The Hall–Kier alpha value is -3.35. The van der Waals surface area contributed by atoms with E-state index in [1.165, 1.54) is 0 Å². The number of fused-ring (bicyclic) bond motifs is 2. The number of para-hydroxylation sites is 2. The van der Waals surface area contributed by atoms with Crippen LogP contribution >= 0.6 is 0 Å². The van der Waals surface area contributed by atoms with Gasteiger partial charge in [0.2, 0.25) is 0 Å². The van der Waals surface area contributed by atoms with Crippen molar-refractivity contribution in [2.45, 2.75) is 0 Å². The van der Waals surface area contributed by atoms with Gasteiger partial charge in [-0.3, -0.25) is 15.0 Å². The lowest BCUT2D eigenvalue weighted by atomic mass is 10.1. The van der Waals surface area contributed by atoms with E-state index in [0.717, 1.165) is 11.0 Å². The van der Waals surface area contributed by atoms with E-state index >= 15 is 0 Å². The maximum absolute atomic E-state index is 12.4. The molecule has 1 aliphatic heterocycles. The van der Waals surface area contributed by atoms with Gasteiger partial charge in [-0.15, -0.1) is 0 Å². The molecule has 0 spiro atoms. The number of aromatic nitrogens is 2. The summed E-state index contributed by atoms with van der Waals surface area (Å²) in [6.45, 7) is -0.0143. The van der Waals surface area contributed by atoms with Crippen LogP contribution in [0, 0.1) is 0 Å². The third-order valence-electron chi connectivity index (χ3n) is 3.55. The maximum atomic E-state index is 12.4. The van der Waals surface area contributed by atoms with Crippen LogP contribution < -0.4 is 15.5 Å². The number of imidazole rings is 1. The van der Waals surface area contributed by atoms with E-state index in [1.54, 1.807) is 29.2 Å². The highest BCUT2D eigenvalue weighted by molar-refractivity contribution is 6.03. The fourth-order valence-electron chi connectivity index (χ4n) is 2.45. The summed E-state index contributed by atoms with van der Waals surface area (Å²) < 4.78 is 6.84. The molecule has 7 heteroatoms. The molecule has 0 aliphatic carbocycles. The molecule has 0 fully saturated rings. The molecule has 0 atom stereocenters. The van der Waals surface area contributed by atoms with E-state index in [-0.39, 0.29) is 18.4 Å². The average molecular weight is 308 g/mol. The number of nitrogens with one attached hydrogen (secondary N) is 2. The van der Waals surface area contributed by atoms with Crippen molar-refractivity contribution in [3.8, 4) is 5.75 Å². The number of hydrogen-bond acceptors (Lipinski definition) is 4. The fraction of sp³-hybridized carbons (Fsp3) is 0.0625. The Labute approximate surface area is 130 Å². The zero-order valence-corrected chi connectivity index (χ0v) is 11.9. The first kappa shape index (κ1) is 13.3. The molecule has 2 N–H and O–H groups in total. The van der Waals surface area contributed by atoms with E-state index in [2.05, 4.69) is 15.7 Å². The van der Waals surface area contributed by atoms with Crippen molar-refractivity contribution in [1.29, 1.82) is 0 Å². The van der Waals surface area contributed by atoms with E-state index in [0.29, 0.717) is 17.0 Å². The minimum atomic E-state index is -0.309. The quantitative estimate of drug-likeness (QED) is 0.755. The summed E-state index contributed by atoms with van der Waals surface area (Å²) in [6.07, 6.45) is 1.55. The number of hydrogen-bond donors (Lipinski definition) is 2. The summed E-state index contributed by atoms with van der Waals surface area (Å²) in [5, 5.41) is 2.68. The van der Waals surface area contributed by atoms with Gasteiger partial charge in [-0.25, -0.2) is 9.66 Å². The van der Waals surface area contributed by atoms with Crippen LogP contribution in [0.5, 0.6) is 5.75 Å². The van der Waals surface area contributed by atoms with Crippen molar-refractivity contribution in [3.05, 3.63) is 54.4 Å². The zero-order valence-electron chi connectivity index (χ0n) is 11.9. The predicted molar refractivity (Wildman–Crippen MR) is 84.0 cm³/mol. The fourth-order valence-corrected chi connectivity index (χ4v) is 2.45. The number of nitrogens with zero attached hydrogens (tertiary/aromatic N) is 2. The topological polar surface area (TPSA) is 85.2 Å². The number of amides is 2. The van der Waals surface area contributed by atoms with Gasteiger partial charge in [0.25, 0.3) is 11.8 Å². The van der Waals surface area contributed by atoms with Crippen molar-refractivity contribution >= 4 is 28.5 Å². The second-order valence-electron chi connectivity index (χ2n) is 5.09. The first-order valence-corrected chi connectivity index (χ1v) is 7.01. The molecule has 7 nitrogen and oxygen atoms in total. The third kappa shape index (κ3) is 2.38. The SMILES string of the molecule is O=C1COc2ccc(C(=O)Nn3cnc4ccccc43)cc2N1. The number of anilines is 1. The van der Waals surface area contributed by atoms with Gasteiger partial charge in [0.1, 0.15) is 12.1 Å². The molecule has 23 heavy (non-hydrogen) atoms. The van der Waals surface area contributed by atoms with E-state index in [9.17, 15) is 9.59 Å². The molecule has 0 radical (unpaired) electrons. The number of rotatable bonds is 2. The highest BCUT2D eigenvalue weighted by atomic mass is 16.5. The van der Waals surface area contributed by atoms with Gasteiger partial charge in [-0.2, -0.15) is 0 Å². The summed E-state index contributed by atoms with van der Waals surface area (Å²) in [5.41, 5.74) is 5.25. The molecule has 4 rings (SSSR count). The number of carbonyl (C=O) groups excluding carboxylic acids is 2. The van der Waals surface area contributed by atoms with Crippen LogP contribution in [0.4, 0.5) is 5.69 Å². The number of benzene rings is 2. The van der Waals surface area contributed by atoms with Gasteiger partial charge in [0, 0.05) is 5.56 Å². The van der Waals surface area contributed by atoms with Gasteiger partial charge in [-0.1, -0.05) is 12.1 Å². The Morgan fingerprint density at radius 1 is 1.26 bits per heavy atom. The standard InChI is InChI=1S/C16H12N4O3/c21-15-8-23-14-6-5-10(7-12(14)18-15)16(22)19-20-9-17-11-3-1-2-4-13(11)20/h1-7,9H,8H2,(H,18,21)(H,19,22). The Bertz CT molecular complexity index is 932. The molecule has 2 amide bonds. The molecule has 1 aromatic heterocycles. The van der Waals surface area contributed by atoms with E-state index in [1.807, 2.05) is 24.3 Å². The van der Waals surface area contributed by atoms with Crippen molar-refractivity contribution < 1.29 is 14.3 Å². The van der Waals surface area contributed by atoms with Crippen molar-refractivity contribution in [2.75, 3.05) is 17.3 Å². The minimum Gasteiger partial charge on any atom is -0.482 e. The first-order valence-electron chi connectivity index (χ1n) is 7.01. The van der Waals surface area contributed by atoms with Gasteiger partial charge in [-0.05, 0) is 30.3 Å². The van der Waals surface area contributed by atoms with Crippen LogP contribution in [-0.4, -0.2) is 28.1 Å². The smallest absolute Gasteiger partial charge is 0.270 e. The summed E-state index contributed by atoms with van der Waals surface area (Å²) in [6, 6.07) is 12.4. The van der Waals surface area contributed by atoms with Crippen LogP contribution in [0.25, 0.3) is 11.0 Å². The molecule has 0 saturated heterocycles. The van der Waals surface area contributed by atoms with Crippen LogP contribution in [0.2, 0.25) is 0 Å². The normalized spacial score (nSPS) is 13.1. The van der Waals surface area contributed by atoms with Gasteiger partial charge >= 0.3 is 0 Å². The van der Waals surface area contributed by atoms with Crippen LogP contribution in [-0.2, 0) is 4.79 Å². The van der Waals surface area contributed by atoms with E-state index in [4.69, 9.17) is 4.74 Å². The van der Waals surface area contributed by atoms with Gasteiger partial charge in [0.15, 0.2) is 6.61 Å². The number of carbonyl (C=O) groups is 2. The lowest BCUT2D eigenvalue weighted by Gasteiger charge is -2.18. The molecule has 0 saturated carbocycles. The molecule has 114 valence electrons. The Morgan fingerprint density at radius 3 is 3.04 bits per heavy atom.